The summed E-state index contributed by atoms with van der Waals surface area (Å²) in [6.45, 7) is 3.20. The molecule has 2 nitrogen and oxygen atoms in total. The molecule has 1 rings (SSSR count). The molecule has 0 aliphatic carbocycles. The van der Waals surface area contributed by atoms with Gasteiger partial charge in [0.2, 0.25) is 0 Å². The fourth-order valence-electron chi connectivity index (χ4n) is 1.26. The number of rotatable bonds is 2. The van der Waals surface area contributed by atoms with E-state index in [-0.39, 0.29) is 0 Å². The van der Waals surface area contributed by atoms with E-state index in [9.17, 15) is 13.9 Å². The second-order valence-electron chi connectivity index (χ2n) is 3.43. The molecule has 0 heterocycles. The summed E-state index contributed by atoms with van der Waals surface area (Å²) in [5.74, 6) is -1.88. The topological polar surface area (TPSA) is 46.2 Å². The van der Waals surface area contributed by atoms with Crippen LogP contribution >= 0.6 is 0 Å². The fraction of sp³-hybridized carbons (Fsp3) is 0.400. The zero-order valence-corrected chi connectivity index (χ0v) is 8.09. The molecule has 2 unspecified atom stereocenters. The van der Waals surface area contributed by atoms with E-state index in [1.165, 1.54) is 0 Å². The molecule has 0 spiro atoms. The van der Waals surface area contributed by atoms with E-state index in [1.54, 1.807) is 13.8 Å². The van der Waals surface area contributed by atoms with E-state index in [4.69, 9.17) is 5.73 Å². The van der Waals surface area contributed by atoms with Crippen LogP contribution in [-0.2, 0) is 0 Å². The van der Waals surface area contributed by atoms with Crippen LogP contribution in [0.15, 0.2) is 12.1 Å². The number of hydrogen-bond donors (Lipinski definition) is 2. The van der Waals surface area contributed by atoms with Crippen LogP contribution in [0.1, 0.15) is 24.2 Å². The molecule has 1 aromatic carbocycles. The van der Waals surface area contributed by atoms with Gasteiger partial charge in [-0.05, 0) is 37.1 Å². The molecule has 3 N–H and O–H groups in total. The second-order valence-corrected chi connectivity index (χ2v) is 3.43. The van der Waals surface area contributed by atoms with Crippen LogP contribution in [0.2, 0.25) is 0 Å². The first kappa shape index (κ1) is 11.1. The molecule has 0 amide bonds. The summed E-state index contributed by atoms with van der Waals surface area (Å²) in [6, 6.07) is 1.52. The number of benzene rings is 1. The summed E-state index contributed by atoms with van der Waals surface area (Å²) < 4.78 is 25.6. The maximum absolute atomic E-state index is 12.9. The van der Waals surface area contributed by atoms with Crippen LogP contribution in [0.25, 0.3) is 0 Å². The predicted molar refractivity (Wildman–Crippen MR) is 49.7 cm³/mol. The zero-order valence-electron chi connectivity index (χ0n) is 8.09. The quantitative estimate of drug-likeness (QED) is 0.764. The van der Waals surface area contributed by atoms with Gasteiger partial charge in [-0.2, -0.15) is 0 Å². The highest BCUT2D eigenvalue weighted by atomic mass is 19.2. The van der Waals surface area contributed by atoms with E-state index in [1.807, 2.05) is 0 Å². The van der Waals surface area contributed by atoms with Gasteiger partial charge in [0.15, 0.2) is 11.6 Å². The van der Waals surface area contributed by atoms with Crippen molar-refractivity contribution in [2.75, 3.05) is 0 Å². The van der Waals surface area contributed by atoms with Gasteiger partial charge in [0, 0.05) is 6.04 Å². The Morgan fingerprint density at radius 3 is 2.29 bits per heavy atom. The molecule has 1 aromatic rings. The Morgan fingerprint density at radius 1 is 1.29 bits per heavy atom. The third-order valence-corrected chi connectivity index (χ3v) is 2.13. The van der Waals surface area contributed by atoms with Crippen molar-refractivity contribution in [1.82, 2.24) is 0 Å². The molecular formula is C10H13F2NO. The van der Waals surface area contributed by atoms with Crippen LogP contribution < -0.4 is 5.73 Å². The number of aliphatic hydroxyl groups is 1. The summed E-state index contributed by atoms with van der Waals surface area (Å²) in [5.41, 5.74) is 6.29. The zero-order chi connectivity index (χ0) is 10.9. The van der Waals surface area contributed by atoms with Gasteiger partial charge < -0.3 is 10.8 Å². The van der Waals surface area contributed by atoms with E-state index in [2.05, 4.69) is 0 Å². The van der Waals surface area contributed by atoms with Gasteiger partial charge in [-0.1, -0.05) is 0 Å². The first-order valence-electron chi connectivity index (χ1n) is 4.32. The van der Waals surface area contributed by atoms with Gasteiger partial charge in [-0.3, -0.25) is 0 Å². The lowest BCUT2D eigenvalue weighted by Crippen LogP contribution is -2.25. The van der Waals surface area contributed by atoms with Crippen molar-refractivity contribution in [3.63, 3.8) is 0 Å². The number of nitrogens with two attached hydrogens (primary N) is 1. The third kappa shape index (κ3) is 2.08. The molecule has 14 heavy (non-hydrogen) atoms. The first-order valence-corrected chi connectivity index (χ1v) is 4.32. The van der Waals surface area contributed by atoms with E-state index >= 15 is 0 Å². The minimum Gasteiger partial charge on any atom is -0.387 e. The summed E-state index contributed by atoms with van der Waals surface area (Å²) in [7, 11) is 0. The van der Waals surface area contributed by atoms with Crippen LogP contribution in [-0.4, -0.2) is 11.1 Å². The minimum atomic E-state index is -0.968. The molecule has 0 bridgehead atoms. The monoisotopic (exact) mass is 201 g/mol. The van der Waals surface area contributed by atoms with E-state index in [0.29, 0.717) is 11.1 Å². The molecule has 4 heteroatoms. The lowest BCUT2D eigenvalue weighted by Gasteiger charge is -2.17. The lowest BCUT2D eigenvalue weighted by molar-refractivity contribution is 0.152. The molecule has 2 atom stereocenters. The van der Waals surface area contributed by atoms with Gasteiger partial charge >= 0.3 is 0 Å². The third-order valence-electron chi connectivity index (χ3n) is 2.13. The summed E-state index contributed by atoms with van der Waals surface area (Å²) in [6.07, 6.45) is -0.968. The average molecular weight is 201 g/mol. The maximum atomic E-state index is 12.9. The average Bonchev–Trinajstić information content (AvgIpc) is 2.10. The predicted octanol–water partition coefficient (Wildman–Crippen LogP) is 1.65. The van der Waals surface area contributed by atoms with Crippen molar-refractivity contribution < 1.29 is 13.9 Å². The largest absolute Gasteiger partial charge is 0.387 e. The molecule has 0 saturated heterocycles. The molecule has 0 saturated carbocycles. The SMILES string of the molecule is Cc1cc(F)c(F)cc1C(O)C(C)N. The summed E-state index contributed by atoms with van der Waals surface area (Å²) >= 11 is 0. The fourth-order valence-corrected chi connectivity index (χ4v) is 1.26. The van der Waals surface area contributed by atoms with Gasteiger partial charge in [0.1, 0.15) is 0 Å². The Bertz CT molecular complexity index is 339. The molecule has 0 aromatic heterocycles. The van der Waals surface area contributed by atoms with Crippen LogP contribution in [0.4, 0.5) is 8.78 Å². The molecule has 0 radical (unpaired) electrons. The minimum absolute atomic E-state index is 0.332. The second kappa shape index (κ2) is 4.02. The highest BCUT2D eigenvalue weighted by Gasteiger charge is 2.17. The molecular weight excluding hydrogens is 188 g/mol. The molecule has 0 fully saturated rings. The molecule has 0 aliphatic heterocycles. The number of halogens is 2. The Morgan fingerprint density at radius 2 is 1.79 bits per heavy atom. The number of aliphatic hydroxyl groups excluding tert-OH is 1. The Hall–Kier alpha value is -1.00. The highest BCUT2D eigenvalue weighted by Crippen LogP contribution is 2.22. The van der Waals surface area contributed by atoms with Crippen molar-refractivity contribution in [3.05, 3.63) is 34.9 Å². The number of aryl methyl sites for hydroxylation is 1. The summed E-state index contributed by atoms with van der Waals surface area (Å²) in [5, 5.41) is 9.58. The van der Waals surface area contributed by atoms with Crippen LogP contribution in [0.5, 0.6) is 0 Å². The Kier molecular flexibility index (Phi) is 3.18. The van der Waals surface area contributed by atoms with Crippen molar-refractivity contribution >= 4 is 0 Å². The highest BCUT2D eigenvalue weighted by molar-refractivity contribution is 5.30. The normalized spacial score (nSPS) is 15.3. The van der Waals surface area contributed by atoms with Gasteiger partial charge in [0.05, 0.1) is 6.10 Å². The van der Waals surface area contributed by atoms with Gasteiger partial charge in [-0.15, -0.1) is 0 Å². The van der Waals surface area contributed by atoms with Gasteiger partial charge in [0.25, 0.3) is 0 Å². The van der Waals surface area contributed by atoms with Crippen molar-refractivity contribution in [2.45, 2.75) is 26.0 Å². The van der Waals surface area contributed by atoms with Crippen LogP contribution in [0.3, 0.4) is 0 Å². The van der Waals surface area contributed by atoms with Crippen molar-refractivity contribution in [3.8, 4) is 0 Å². The maximum Gasteiger partial charge on any atom is 0.159 e. The Labute approximate surface area is 81.4 Å². The van der Waals surface area contributed by atoms with Crippen molar-refractivity contribution in [1.29, 1.82) is 0 Å². The van der Waals surface area contributed by atoms with Gasteiger partial charge in [-0.25, -0.2) is 8.78 Å². The van der Waals surface area contributed by atoms with E-state index in [0.717, 1.165) is 12.1 Å². The first-order chi connectivity index (χ1) is 6.43. The lowest BCUT2D eigenvalue weighted by atomic mass is 9.99. The molecule has 0 aliphatic rings. The van der Waals surface area contributed by atoms with E-state index < -0.39 is 23.8 Å². The molecule has 78 valence electrons. The van der Waals surface area contributed by atoms with Crippen LogP contribution in [0, 0.1) is 18.6 Å². The number of hydrogen-bond acceptors (Lipinski definition) is 2. The van der Waals surface area contributed by atoms with Crippen molar-refractivity contribution in [2.24, 2.45) is 5.73 Å². The summed E-state index contributed by atoms with van der Waals surface area (Å²) in [4.78, 5) is 0. The Balaban J connectivity index is 3.15. The smallest absolute Gasteiger partial charge is 0.159 e. The standard InChI is InChI=1S/C10H13F2NO/c1-5-3-8(11)9(12)4-7(5)10(14)6(2)13/h3-4,6,10,14H,13H2,1-2H3.